The fourth-order valence-electron chi connectivity index (χ4n) is 2.98. The Morgan fingerprint density at radius 3 is 2.78 bits per heavy atom. The molecule has 6 heteroatoms. The third kappa shape index (κ3) is 3.63. The summed E-state index contributed by atoms with van der Waals surface area (Å²) in [6.45, 7) is 6.44. The van der Waals surface area contributed by atoms with Crippen LogP contribution in [0.2, 0.25) is 0 Å². The van der Waals surface area contributed by atoms with Crippen LogP contribution in [-0.2, 0) is 0 Å². The maximum atomic E-state index is 12.0. The minimum absolute atomic E-state index is 0.217. The van der Waals surface area contributed by atoms with Gasteiger partial charge in [0.1, 0.15) is 12.3 Å². The number of hydrogen-bond donors (Lipinski definition) is 1. The van der Waals surface area contributed by atoms with Crippen molar-refractivity contribution < 1.29 is 13.7 Å². The van der Waals surface area contributed by atoms with Crippen LogP contribution >= 0.6 is 0 Å². The molecule has 124 valence electrons. The van der Waals surface area contributed by atoms with Crippen molar-refractivity contribution in [1.29, 1.82) is 0 Å². The molecule has 23 heavy (non-hydrogen) atoms. The van der Waals surface area contributed by atoms with E-state index < -0.39 is 0 Å². The molecule has 0 aromatic carbocycles. The molecule has 2 aromatic heterocycles. The van der Waals surface area contributed by atoms with E-state index in [0.29, 0.717) is 22.8 Å². The molecule has 0 aliphatic heterocycles. The van der Waals surface area contributed by atoms with Gasteiger partial charge in [0.25, 0.3) is 5.91 Å². The van der Waals surface area contributed by atoms with E-state index in [4.69, 9.17) is 8.94 Å². The number of aromatic nitrogens is 2. The molecule has 1 fully saturated rings. The first-order valence-electron chi connectivity index (χ1n) is 8.11. The van der Waals surface area contributed by atoms with Gasteiger partial charge in [-0.15, -0.1) is 0 Å². The fourth-order valence-corrected chi connectivity index (χ4v) is 2.98. The van der Waals surface area contributed by atoms with Gasteiger partial charge in [0.15, 0.2) is 5.82 Å². The van der Waals surface area contributed by atoms with E-state index in [0.717, 1.165) is 18.7 Å². The van der Waals surface area contributed by atoms with E-state index in [1.165, 1.54) is 25.4 Å². The van der Waals surface area contributed by atoms with Gasteiger partial charge in [0.2, 0.25) is 5.89 Å². The van der Waals surface area contributed by atoms with Crippen LogP contribution in [0.1, 0.15) is 80.5 Å². The van der Waals surface area contributed by atoms with Crippen LogP contribution in [0.4, 0.5) is 0 Å². The number of furan rings is 1. The van der Waals surface area contributed by atoms with E-state index in [1.54, 1.807) is 6.07 Å². The molecule has 1 aliphatic rings. The van der Waals surface area contributed by atoms with E-state index in [2.05, 4.69) is 29.3 Å². The van der Waals surface area contributed by atoms with Crippen LogP contribution in [0.5, 0.6) is 0 Å². The van der Waals surface area contributed by atoms with Gasteiger partial charge in [-0.25, -0.2) is 0 Å². The van der Waals surface area contributed by atoms with Gasteiger partial charge in [0, 0.05) is 5.92 Å². The number of carbonyl (C=O) groups is 1. The Hall–Kier alpha value is -2.11. The van der Waals surface area contributed by atoms with Crippen LogP contribution in [-0.4, -0.2) is 16.0 Å². The molecule has 1 amide bonds. The first-order chi connectivity index (χ1) is 10.9. The van der Waals surface area contributed by atoms with Crippen LogP contribution in [0.3, 0.4) is 0 Å². The zero-order chi connectivity index (χ0) is 16.4. The van der Waals surface area contributed by atoms with Gasteiger partial charge < -0.3 is 14.3 Å². The van der Waals surface area contributed by atoms with Crippen molar-refractivity contribution in [2.45, 2.75) is 58.4 Å². The van der Waals surface area contributed by atoms with Crippen molar-refractivity contribution >= 4 is 5.91 Å². The molecule has 3 rings (SSSR count). The summed E-state index contributed by atoms with van der Waals surface area (Å²) < 4.78 is 10.3. The number of rotatable bonds is 4. The lowest BCUT2D eigenvalue weighted by atomic mass is 9.73. The lowest BCUT2D eigenvalue weighted by Gasteiger charge is -2.32. The number of carbonyl (C=O) groups excluding carboxylic acids is 1. The maximum Gasteiger partial charge on any atom is 0.255 e. The Labute approximate surface area is 135 Å². The van der Waals surface area contributed by atoms with Crippen LogP contribution in [0.15, 0.2) is 27.5 Å². The Balaban J connectivity index is 1.61. The molecule has 1 saturated carbocycles. The number of amides is 1. The molecule has 0 bridgehead atoms. The molecule has 0 radical (unpaired) electrons. The first-order valence-corrected chi connectivity index (χ1v) is 8.11. The van der Waals surface area contributed by atoms with Gasteiger partial charge in [0.05, 0.1) is 11.8 Å². The predicted octanol–water partition coefficient (Wildman–Crippen LogP) is 3.84. The zero-order valence-electron chi connectivity index (χ0n) is 13.8. The van der Waals surface area contributed by atoms with Gasteiger partial charge in [-0.2, -0.15) is 4.98 Å². The summed E-state index contributed by atoms with van der Waals surface area (Å²) in [6, 6.07) is 1.28. The Kier molecular flexibility index (Phi) is 4.24. The molecule has 1 unspecified atom stereocenters. The summed E-state index contributed by atoms with van der Waals surface area (Å²) in [5.74, 6) is 1.35. The Bertz CT molecular complexity index is 650. The van der Waals surface area contributed by atoms with Gasteiger partial charge in [-0.3, -0.25) is 4.79 Å². The zero-order valence-corrected chi connectivity index (χ0v) is 13.8. The minimum atomic E-state index is -0.335. The van der Waals surface area contributed by atoms with Crippen molar-refractivity contribution in [2.24, 2.45) is 5.41 Å². The molecule has 0 spiro atoms. The minimum Gasteiger partial charge on any atom is -0.472 e. The SMILES string of the molecule is CC(NC(=O)c1ccoc1)c1nc(C2CCC(C)(C)CC2)no1. The Morgan fingerprint density at radius 1 is 1.39 bits per heavy atom. The topological polar surface area (TPSA) is 81.2 Å². The highest BCUT2D eigenvalue weighted by molar-refractivity contribution is 5.93. The molecule has 1 atom stereocenters. The van der Waals surface area contributed by atoms with E-state index in [9.17, 15) is 4.79 Å². The molecule has 2 aromatic rings. The van der Waals surface area contributed by atoms with Crippen LogP contribution < -0.4 is 5.32 Å². The average Bonchev–Trinajstić information content (AvgIpc) is 3.19. The highest BCUT2D eigenvalue weighted by atomic mass is 16.5. The normalized spacial score (nSPS) is 19.4. The quantitative estimate of drug-likeness (QED) is 0.926. The second-order valence-electron chi connectivity index (χ2n) is 7.14. The van der Waals surface area contributed by atoms with E-state index in [1.807, 2.05) is 6.92 Å². The third-order valence-electron chi connectivity index (χ3n) is 4.66. The third-order valence-corrected chi connectivity index (χ3v) is 4.66. The van der Waals surface area contributed by atoms with Crippen molar-refractivity contribution in [3.05, 3.63) is 35.9 Å². The second-order valence-corrected chi connectivity index (χ2v) is 7.14. The van der Waals surface area contributed by atoms with Crippen molar-refractivity contribution in [2.75, 3.05) is 0 Å². The maximum absolute atomic E-state index is 12.0. The molecule has 0 saturated heterocycles. The van der Waals surface area contributed by atoms with Gasteiger partial charge in [-0.1, -0.05) is 19.0 Å². The monoisotopic (exact) mass is 317 g/mol. The van der Waals surface area contributed by atoms with Crippen LogP contribution in [0, 0.1) is 5.41 Å². The lowest BCUT2D eigenvalue weighted by Crippen LogP contribution is -2.26. The van der Waals surface area contributed by atoms with Crippen molar-refractivity contribution in [3.8, 4) is 0 Å². The first kappa shape index (κ1) is 15.8. The lowest BCUT2D eigenvalue weighted by molar-refractivity contribution is 0.0932. The smallest absolute Gasteiger partial charge is 0.255 e. The summed E-state index contributed by atoms with van der Waals surface area (Å²) in [4.78, 5) is 16.5. The largest absolute Gasteiger partial charge is 0.472 e. The summed E-state index contributed by atoms with van der Waals surface area (Å²) in [5.41, 5.74) is 0.890. The highest BCUT2D eigenvalue weighted by Crippen LogP contribution is 2.41. The van der Waals surface area contributed by atoms with Crippen molar-refractivity contribution in [1.82, 2.24) is 15.5 Å². The number of nitrogens with one attached hydrogen (secondary N) is 1. The number of hydrogen-bond acceptors (Lipinski definition) is 5. The molecule has 1 aliphatic carbocycles. The molecular weight excluding hydrogens is 294 g/mol. The predicted molar refractivity (Wildman–Crippen MR) is 83.9 cm³/mol. The molecule has 6 nitrogen and oxygen atoms in total. The Morgan fingerprint density at radius 2 is 2.13 bits per heavy atom. The summed E-state index contributed by atoms with van der Waals surface area (Å²) >= 11 is 0. The van der Waals surface area contributed by atoms with E-state index in [-0.39, 0.29) is 11.9 Å². The summed E-state index contributed by atoms with van der Waals surface area (Å²) in [7, 11) is 0. The van der Waals surface area contributed by atoms with E-state index >= 15 is 0 Å². The second kappa shape index (κ2) is 6.18. The van der Waals surface area contributed by atoms with Gasteiger partial charge in [-0.05, 0) is 44.1 Å². The van der Waals surface area contributed by atoms with Crippen molar-refractivity contribution in [3.63, 3.8) is 0 Å². The molecule has 2 heterocycles. The van der Waals surface area contributed by atoms with Gasteiger partial charge >= 0.3 is 0 Å². The fraction of sp³-hybridized carbons (Fsp3) is 0.588. The highest BCUT2D eigenvalue weighted by Gasteiger charge is 2.30. The summed E-state index contributed by atoms with van der Waals surface area (Å²) in [6.07, 6.45) is 7.39. The summed E-state index contributed by atoms with van der Waals surface area (Å²) in [5, 5.41) is 6.96. The standard InChI is InChI=1S/C17H23N3O3/c1-11(18-15(21)13-6-9-22-10-13)16-19-14(20-23-16)12-4-7-17(2,3)8-5-12/h6,9-12H,4-5,7-8H2,1-3H3,(H,18,21). The molecule has 1 N–H and O–H groups in total. The average molecular weight is 317 g/mol. The number of nitrogens with zero attached hydrogens (tertiary/aromatic N) is 2. The molecular formula is C17H23N3O3. The van der Waals surface area contributed by atoms with Crippen LogP contribution in [0.25, 0.3) is 0 Å².